The highest BCUT2D eigenvalue weighted by Crippen LogP contribution is 2.30. The molecule has 0 saturated heterocycles. The van der Waals surface area contributed by atoms with Gasteiger partial charge in [-0.1, -0.05) is 35.2 Å². The predicted octanol–water partition coefficient (Wildman–Crippen LogP) is 4.89. The summed E-state index contributed by atoms with van der Waals surface area (Å²) in [7, 11) is 2.01. The van der Waals surface area contributed by atoms with E-state index in [0.29, 0.717) is 17.2 Å². The number of nitrogens with one attached hydrogen (secondary N) is 1. The van der Waals surface area contributed by atoms with Crippen LogP contribution in [-0.4, -0.2) is 30.1 Å². The summed E-state index contributed by atoms with van der Waals surface area (Å²) >= 11 is 3.33. The SMILES string of the molecule is CN(c1ccc([N+](=O)[O-])cc1C=NNC(=O)c1ccc(Br)cc1)C1CCCCC1. The second-order valence-electron chi connectivity index (χ2n) is 7.11. The maximum atomic E-state index is 12.2. The van der Waals surface area contributed by atoms with E-state index in [2.05, 4.69) is 31.4 Å². The van der Waals surface area contributed by atoms with Crippen molar-refractivity contribution in [3.63, 3.8) is 0 Å². The van der Waals surface area contributed by atoms with Gasteiger partial charge in [-0.25, -0.2) is 5.43 Å². The predicted molar refractivity (Wildman–Crippen MR) is 118 cm³/mol. The van der Waals surface area contributed by atoms with E-state index in [0.717, 1.165) is 23.0 Å². The molecular weight excluding hydrogens is 436 g/mol. The van der Waals surface area contributed by atoms with Gasteiger partial charge in [-0.2, -0.15) is 5.10 Å². The number of rotatable bonds is 6. The zero-order valence-corrected chi connectivity index (χ0v) is 17.8. The summed E-state index contributed by atoms with van der Waals surface area (Å²) < 4.78 is 0.879. The summed E-state index contributed by atoms with van der Waals surface area (Å²) in [5.41, 5.74) is 4.42. The maximum absolute atomic E-state index is 12.2. The first kappa shape index (κ1) is 21.0. The van der Waals surface area contributed by atoms with Crippen molar-refractivity contribution in [1.82, 2.24) is 5.43 Å². The highest BCUT2D eigenvalue weighted by molar-refractivity contribution is 9.10. The Balaban J connectivity index is 1.80. The van der Waals surface area contributed by atoms with E-state index in [9.17, 15) is 14.9 Å². The number of halogens is 1. The molecule has 8 heteroatoms. The van der Waals surface area contributed by atoms with Crippen LogP contribution in [0.4, 0.5) is 11.4 Å². The fourth-order valence-corrected chi connectivity index (χ4v) is 3.84. The van der Waals surface area contributed by atoms with Crippen LogP contribution in [0.3, 0.4) is 0 Å². The maximum Gasteiger partial charge on any atom is 0.271 e. The van der Waals surface area contributed by atoms with Crippen LogP contribution >= 0.6 is 15.9 Å². The van der Waals surface area contributed by atoms with Crippen LogP contribution in [0.1, 0.15) is 48.0 Å². The second kappa shape index (κ2) is 9.65. The number of carbonyl (C=O) groups is 1. The van der Waals surface area contributed by atoms with Crippen LogP contribution in [0.5, 0.6) is 0 Å². The van der Waals surface area contributed by atoms with Gasteiger partial charge >= 0.3 is 0 Å². The molecule has 0 aromatic heterocycles. The van der Waals surface area contributed by atoms with E-state index in [1.165, 1.54) is 37.6 Å². The Bertz CT molecular complexity index is 909. The Morgan fingerprint density at radius 3 is 2.55 bits per heavy atom. The van der Waals surface area contributed by atoms with Crippen molar-refractivity contribution in [3.05, 3.63) is 68.2 Å². The molecule has 1 saturated carbocycles. The van der Waals surface area contributed by atoms with Crippen LogP contribution < -0.4 is 10.3 Å². The molecule has 0 bridgehead atoms. The average Bonchev–Trinajstić information content (AvgIpc) is 2.74. The summed E-state index contributed by atoms with van der Waals surface area (Å²) in [5, 5.41) is 15.2. The van der Waals surface area contributed by atoms with Crippen molar-refractivity contribution in [2.75, 3.05) is 11.9 Å². The molecule has 0 atom stereocenters. The molecule has 7 nitrogen and oxygen atoms in total. The lowest BCUT2D eigenvalue weighted by Gasteiger charge is -2.33. The minimum Gasteiger partial charge on any atom is -0.371 e. The lowest BCUT2D eigenvalue weighted by atomic mass is 9.94. The van der Waals surface area contributed by atoms with Gasteiger partial charge < -0.3 is 4.90 Å². The van der Waals surface area contributed by atoms with Crippen molar-refractivity contribution >= 4 is 39.4 Å². The first-order valence-electron chi connectivity index (χ1n) is 9.56. The first-order valence-corrected chi connectivity index (χ1v) is 10.4. The smallest absolute Gasteiger partial charge is 0.271 e. The fraction of sp³-hybridized carbons (Fsp3) is 0.333. The molecule has 0 aliphatic heterocycles. The normalized spacial score (nSPS) is 14.7. The summed E-state index contributed by atoms with van der Waals surface area (Å²) in [5.74, 6) is -0.346. The molecule has 2 aromatic carbocycles. The van der Waals surface area contributed by atoms with Gasteiger partial charge in [0.05, 0.1) is 11.1 Å². The molecule has 0 spiro atoms. The minimum atomic E-state index is -0.428. The van der Waals surface area contributed by atoms with E-state index in [-0.39, 0.29) is 11.6 Å². The number of hydrogen-bond donors (Lipinski definition) is 1. The first-order chi connectivity index (χ1) is 14.0. The zero-order chi connectivity index (χ0) is 20.8. The molecule has 29 heavy (non-hydrogen) atoms. The number of anilines is 1. The highest BCUT2D eigenvalue weighted by Gasteiger charge is 2.21. The number of non-ortho nitro benzene ring substituents is 1. The van der Waals surface area contributed by atoms with Gasteiger partial charge in [-0.3, -0.25) is 14.9 Å². The molecule has 1 aliphatic carbocycles. The number of benzene rings is 2. The highest BCUT2D eigenvalue weighted by atomic mass is 79.9. The van der Waals surface area contributed by atoms with Crippen LogP contribution in [0.15, 0.2) is 52.0 Å². The van der Waals surface area contributed by atoms with Crippen molar-refractivity contribution < 1.29 is 9.72 Å². The van der Waals surface area contributed by atoms with Gasteiger partial charge in [0.25, 0.3) is 11.6 Å². The Labute approximate surface area is 178 Å². The molecule has 2 aromatic rings. The third kappa shape index (κ3) is 5.41. The lowest BCUT2D eigenvalue weighted by Crippen LogP contribution is -2.34. The van der Waals surface area contributed by atoms with E-state index in [1.807, 2.05) is 7.05 Å². The monoisotopic (exact) mass is 458 g/mol. The summed E-state index contributed by atoms with van der Waals surface area (Å²) in [6.45, 7) is 0. The minimum absolute atomic E-state index is 0.00789. The largest absolute Gasteiger partial charge is 0.371 e. The molecule has 1 aliphatic rings. The molecule has 152 valence electrons. The van der Waals surface area contributed by atoms with Crippen molar-refractivity contribution in [2.24, 2.45) is 5.10 Å². The number of hydrazone groups is 1. The number of nitro benzene ring substituents is 1. The van der Waals surface area contributed by atoms with Crippen LogP contribution in [0, 0.1) is 10.1 Å². The Kier molecular flexibility index (Phi) is 6.98. The van der Waals surface area contributed by atoms with E-state index in [1.54, 1.807) is 30.3 Å². The van der Waals surface area contributed by atoms with Crippen LogP contribution in [-0.2, 0) is 0 Å². The third-order valence-electron chi connectivity index (χ3n) is 5.20. The standard InChI is InChI=1S/C21H23BrN4O3/c1-25(18-5-3-2-4-6-18)20-12-11-19(26(28)29)13-16(20)14-23-24-21(27)15-7-9-17(22)10-8-15/h7-14,18H,2-6H2,1H3,(H,24,27). The zero-order valence-electron chi connectivity index (χ0n) is 16.2. The van der Waals surface area contributed by atoms with Crippen LogP contribution in [0.2, 0.25) is 0 Å². The molecule has 1 N–H and O–H groups in total. The summed E-state index contributed by atoms with van der Waals surface area (Å²) in [4.78, 5) is 25.2. The molecular formula is C21H23BrN4O3. The van der Waals surface area contributed by atoms with Crippen molar-refractivity contribution in [3.8, 4) is 0 Å². The summed E-state index contributed by atoms with van der Waals surface area (Å²) in [6.07, 6.45) is 7.30. The van der Waals surface area contributed by atoms with Gasteiger partial charge in [0.1, 0.15) is 0 Å². The quantitative estimate of drug-likeness (QED) is 0.379. The van der Waals surface area contributed by atoms with Gasteiger partial charge in [0, 0.05) is 46.5 Å². The molecule has 1 fully saturated rings. The number of amides is 1. The third-order valence-corrected chi connectivity index (χ3v) is 5.73. The molecule has 3 rings (SSSR count). The van der Waals surface area contributed by atoms with Gasteiger partial charge in [-0.15, -0.1) is 0 Å². The van der Waals surface area contributed by atoms with Crippen LogP contribution in [0.25, 0.3) is 0 Å². The Morgan fingerprint density at radius 2 is 1.90 bits per heavy atom. The number of nitrogens with zero attached hydrogens (tertiary/aromatic N) is 3. The average molecular weight is 459 g/mol. The van der Waals surface area contributed by atoms with Gasteiger partial charge in [0.15, 0.2) is 0 Å². The van der Waals surface area contributed by atoms with E-state index < -0.39 is 4.92 Å². The number of carbonyl (C=O) groups excluding carboxylic acids is 1. The topological polar surface area (TPSA) is 87.8 Å². The van der Waals surface area contributed by atoms with Gasteiger partial charge in [0.2, 0.25) is 0 Å². The van der Waals surface area contributed by atoms with Crippen molar-refractivity contribution in [1.29, 1.82) is 0 Å². The second-order valence-corrected chi connectivity index (χ2v) is 8.02. The lowest BCUT2D eigenvalue weighted by molar-refractivity contribution is -0.384. The molecule has 0 heterocycles. The van der Waals surface area contributed by atoms with Gasteiger partial charge in [-0.05, 0) is 43.2 Å². The number of nitro groups is 1. The summed E-state index contributed by atoms with van der Waals surface area (Å²) in [6, 6.07) is 12.1. The molecule has 0 radical (unpaired) electrons. The van der Waals surface area contributed by atoms with E-state index in [4.69, 9.17) is 0 Å². The Hall–Kier alpha value is -2.74. The Morgan fingerprint density at radius 1 is 1.21 bits per heavy atom. The van der Waals surface area contributed by atoms with Crippen molar-refractivity contribution in [2.45, 2.75) is 38.1 Å². The van der Waals surface area contributed by atoms with E-state index >= 15 is 0 Å². The molecule has 0 unspecified atom stereocenters. The number of hydrogen-bond acceptors (Lipinski definition) is 5. The molecule has 1 amide bonds. The fourth-order valence-electron chi connectivity index (χ4n) is 3.57.